The van der Waals surface area contributed by atoms with Gasteiger partial charge in [-0.25, -0.2) is 0 Å². The Kier molecular flexibility index (Phi) is 6.64. The highest BCUT2D eigenvalue weighted by molar-refractivity contribution is 9.10. The number of hydrogen-bond acceptors (Lipinski definition) is 6. The van der Waals surface area contributed by atoms with E-state index in [1.807, 2.05) is 32.0 Å². The lowest BCUT2D eigenvalue weighted by Gasteiger charge is -2.12. The molecule has 30 heavy (non-hydrogen) atoms. The van der Waals surface area contributed by atoms with Crippen LogP contribution < -0.4 is 0 Å². The van der Waals surface area contributed by atoms with Crippen LogP contribution in [-0.4, -0.2) is 24.9 Å². The maximum atomic E-state index is 5.42. The predicted octanol–water partition coefficient (Wildman–Crippen LogP) is 5.75. The van der Waals surface area contributed by atoms with E-state index >= 15 is 0 Å². The molecule has 4 rings (SSSR count). The molecule has 0 unspecified atom stereocenters. The van der Waals surface area contributed by atoms with Gasteiger partial charge in [0.2, 0.25) is 5.89 Å². The van der Waals surface area contributed by atoms with Crippen LogP contribution >= 0.6 is 27.7 Å². The van der Waals surface area contributed by atoms with Crippen LogP contribution in [0, 0.1) is 0 Å². The monoisotopic (exact) mass is 483 g/mol. The first-order chi connectivity index (χ1) is 14.6. The summed E-state index contributed by atoms with van der Waals surface area (Å²) < 4.78 is 8.63. The fourth-order valence-corrected chi connectivity index (χ4v) is 4.23. The molecule has 154 valence electrons. The van der Waals surface area contributed by atoms with Crippen LogP contribution in [0.15, 0.2) is 68.7 Å². The Labute approximate surface area is 188 Å². The summed E-state index contributed by atoms with van der Waals surface area (Å²) in [4.78, 5) is 4.46. The number of benzene rings is 2. The summed E-state index contributed by atoms with van der Waals surface area (Å²) in [5.74, 6) is 2.19. The van der Waals surface area contributed by atoms with Gasteiger partial charge in [0.1, 0.15) is 0 Å². The Morgan fingerprint density at radius 1 is 1.07 bits per heavy atom. The van der Waals surface area contributed by atoms with Crippen molar-refractivity contribution in [2.75, 3.05) is 0 Å². The van der Waals surface area contributed by atoms with Crippen LogP contribution in [0.25, 0.3) is 11.4 Å². The van der Waals surface area contributed by atoms with E-state index in [-0.39, 0.29) is 5.25 Å². The third-order valence-corrected chi connectivity index (χ3v) is 6.31. The highest BCUT2D eigenvalue weighted by Crippen LogP contribution is 2.35. The van der Waals surface area contributed by atoms with Gasteiger partial charge >= 0.3 is 0 Å². The predicted molar refractivity (Wildman–Crippen MR) is 121 cm³/mol. The summed E-state index contributed by atoms with van der Waals surface area (Å²) in [7, 11) is 0. The van der Waals surface area contributed by atoms with Crippen LogP contribution in [0.3, 0.4) is 0 Å². The third kappa shape index (κ3) is 4.82. The third-order valence-electron chi connectivity index (χ3n) is 4.72. The van der Waals surface area contributed by atoms with Gasteiger partial charge in [0.25, 0.3) is 0 Å². The zero-order valence-corrected chi connectivity index (χ0v) is 19.2. The van der Waals surface area contributed by atoms with Crippen molar-refractivity contribution < 1.29 is 4.52 Å². The molecular weight excluding hydrogens is 462 g/mol. The lowest BCUT2D eigenvalue weighted by atomic mass is 10.1. The molecule has 0 fully saturated rings. The van der Waals surface area contributed by atoms with E-state index in [4.69, 9.17) is 4.52 Å². The Morgan fingerprint density at radius 3 is 2.53 bits per heavy atom. The zero-order chi connectivity index (χ0) is 20.9. The molecule has 0 aliphatic carbocycles. The Morgan fingerprint density at radius 2 is 1.83 bits per heavy atom. The van der Waals surface area contributed by atoms with Gasteiger partial charge in [-0.15, -0.1) is 10.2 Å². The quantitative estimate of drug-likeness (QED) is 0.297. The van der Waals surface area contributed by atoms with Gasteiger partial charge in [-0.05, 0) is 31.0 Å². The lowest BCUT2D eigenvalue weighted by molar-refractivity contribution is 0.375. The number of hydrogen-bond donors (Lipinski definition) is 0. The summed E-state index contributed by atoms with van der Waals surface area (Å²) in [6.45, 7) is 4.84. The maximum absolute atomic E-state index is 5.42. The first-order valence-corrected chi connectivity index (χ1v) is 11.5. The molecule has 0 spiro atoms. The van der Waals surface area contributed by atoms with Crippen LogP contribution in [0.5, 0.6) is 0 Å². The van der Waals surface area contributed by atoms with Gasteiger partial charge in [-0.2, -0.15) is 4.98 Å². The number of aryl methyl sites for hydroxylation is 2. The van der Waals surface area contributed by atoms with E-state index in [1.54, 1.807) is 11.8 Å². The summed E-state index contributed by atoms with van der Waals surface area (Å²) >= 11 is 5.08. The van der Waals surface area contributed by atoms with E-state index in [0.717, 1.165) is 46.2 Å². The maximum Gasteiger partial charge on any atom is 0.239 e. The Bertz CT molecular complexity index is 1090. The number of thioether (sulfide) groups is 1. The standard InChI is InChI=1S/C22H22BrN5OS/c1-3-19-24-21(29-27-19)15(2)30-22-26-25-20(17-9-11-18(23)12-10-17)28(22)14-13-16-7-5-4-6-8-16/h4-12,15H,3,13-14H2,1-2H3/t15-/m1/s1. The number of aromatic nitrogens is 5. The molecule has 0 aliphatic heterocycles. The van der Waals surface area contributed by atoms with Crippen molar-refractivity contribution in [1.29, 1.82) is 0 Å². The lowest BCUT2D eigenvalue weighted by Crippen LogP contribution is -2.06. The molecule has 0 radical (unpaired) electrons. The van der Waals surface area contributed by atoms with Crippen molar-refractivity contribution in [3.63, 3.8) is 0 Å². The first kappa shape index (κ1) is 20.8. The Balaban J connectivity index is 1.62. The molecule has 0 aliphatic rings. The van der Waals surface area contributed by atoms with Gasteiger partial charge in [0, 0.05) is 23.0 Å². The van der Waals surface area contributed by atoms with Crippen molar-refractivity contribution in [1.82, 2.24) is 24.9 Å². The average Bonchev–Trinajstić information content (AvgIpc) is 3.41. The molecule has 0 saturated carbocycles. The zero-order valence-electron chi connectivity index (χ0n) is 16.8. The van der Waals surface area contributed by atoms with E-state index in [2.05, 4.69) is 77.2 Å². The van der Waals surface area contributed by atoms with Crippen molar-refractivity contribution in [2.45, 2.75) is 43.6 Å². The normalized spacial score (nSPS) is 12.2. The van der Waals surface area contributed by atoms with E-state index < -0.39 is 0 Å². The average molecular weight is 484 g/mol. The van der Waals surface area contributed by atoms with Crippen LogP contribution in [0.1, 0.15) is 36.4 Å². The van der Waals surface area contributed by atoms with Crippen LogP contribution in [0.4, 0.5) is 0 Å². The topological polar surface area (TPSA) is 69.6 Å². The highest BCUT2D eigenvalue weighted by atomic mass is 79.9. The molecule has 8 heteroatoms. The van der Waals surface area contributed by atoms with Crippen LogP contribution in [0.2, 0.25) is 0 Å². The number of rotatable bonds is 8. The molecule has 2 heterocycles. The second-order valence-corrected chi connectivity index (χ2v) is 9.09. The molecule has 2 aromatic heterocycles. The van der Waals surface area contributed by atoms with E-state index in [1.165, 1.54) is 5.56 Å². The summed E-state index contributed by atoms with van der Waals surface area (Å²) in [6, 6.07) is 18.6. The van der Waals surface area contributed by atoms with Gasteiger partial charge in [-0.1, -0.05) is 82.2 Å². The minimum absolute atomic E-state index is 0.0183. The smallest absolute Gasteiger partial charge is 0.239 e. The van der Waals surface area contributed by atoms with Gasteiger partial charge in [-0.3, -0.25) is 0 Å². The van der Waals surface area contributed by atoms with Gasteiger partial charge < -0.3 is 9.09 Å². The number of halogens is 1. The molecule has 4 aromatic rings. The molecule has 1 atom stereocenters. The number of nitrogens with zero attached hydrogens (tertiary/aromatic N) is 5. The van der Waals surface area contributed by atoms with E-state index in [0.29, 0.717) is 5.89 Å². The van der Waals surface area contributed by atoms with Gasteiger partial charge in [0.15, 0.2) is 16.8 Å². The SMILES string of the molecule is CCc1noc([C@@H](C)Sc2nnc(-c3ccc(Br)cc3)n2CCc2ccccc2)n1. The first-order valence-electron chi connectivity index (χ1n) is 9.86. The minimum Gasteiger partial charge on any atom is -0.338 e. The van der Waals surface area contributed by atoms with Gasteiger partial charge in [0.05, 0.1) is 5.25 Å². The summed E-state index contributed by atoms with van der Waals surface area (Å²) in [5.41, 5.74) is 2.31. The molecule has 0 bridgehead atoms. The molecular formula is C22H22BrN5OS. The Hall–Kier alpha value is -2.45. The van der Waals surface area contributed by atoms with Crippen LogP contribution in [-0.2, 0) is 19.4 Å². The second kappa shape index (κ2) is 9.57. The fraction of sp³-hybridized carbons (Fsp3) is 0.273. The highest BCUT2D eigenvalue weighted by Gasteiger charge is 2.21. The molecule has 2 aromatic carbocycles. The second-order valence-electron chi connectivity index (χ2n) is 6.86. The largest absolute Gasteiger partial charge is 0.338 e. The van der Waals surface area contributed by atoms with Crippen molar-refractivity contribution in [3.8, 4) is 11.4 Å². The summed E-state index contributed by atoms with van der Waals surface area (Å²) in [5, 5.41) is 13.8. The molecule has 0 N–H and O–H groups in total. The minimum atomic E-state index is -0.0183. The van der Waals surface area contributed by atoms with E-state index in [9.17, 15) is 0 Å². The summed E-state index contributed by atoms with van der Waals surface area (Å²) in [6.07, 6.45) is 1.65. The van der Waals surface area contributed by atoms with Crippen molar-refractivity contribution in [3.05, 3.63) is 76.3 Å². The molecule has 6 nitrogen and oxygen atoms in total. The molecule has 0 amide bonds. The molecule has 0 saturated heterocycles. The fourth-order valence-electron chi connectivity index (χ4n) is 3.06. The van der Waals surface area contributed by atoms with Crippen molar-refractivity contribution in [2.24, 2.45) is 0 Å². The van der Waals surface area contributed by atoms with Crippen molar-refractivity contribution >= 4 is 27.7 Å².